The van der Waals surface area contributed by atoms with Crippen LogP contribution in [0.4, 0.5) is 17.1 Å². The average molecular weight is 619 g/mol. The third kappa shape index (κ3) is 4.15. The monoisotopic (exact) mass is 618 g/mol. The first-order chi connectivity index (χ1) is 23.8. The summed E-state index contributed by atoms with van der Waals surface area (Å²) in [6, 6.07) is 53.9. The summed E-state index contributed by atoms with van der Waals surface area (Å²) in [6.45, 7) is 0. The third-order valence-electron chi connectivity index (χ3n) is 9.11. The minimum Gasteiger partial charge on any atom is -0.456 e. The van der Waals surface area contributed by atoms with Crippen molar-refractivity contribution in [3.63, 3.8) is 0 Å². The minimum atomic E-state index is 0.591. The number of furan rings is 2. The van der Waals surface area contributed by atoms with Gasteiger partial charge in [-0.1, -0.05) is 91.0 Å². The second kappa shape index (κ2) is 10.5. The first-order valence-electron chi connectivity index (χ1n) is 16.0. The zero-order valence-electron chi connectivity index (χ0n) is 25.6. The zero-order chi connectivity index (χ0) is 31.6. The molecule has 0 amide bonds. The standard InChI is InChI=1S/C43H26N2O3/c1-3-10-27(11-4-1)28-18-20-30(21-19-28)45(36-16-9-15-33-32-14-7-8-17-37(32)47-41(33)36)31-22-23-34-39(26-31)46-38-25-24-35-42(40(34)38)48-43(44-35)29-12-5-2-6-13-29/h1-26H. The second-order valence-electron chi connectivity index (χ2n) is 12.0. The van der Waals surface area contributed by atoms with Crippen molar-refractivity contribution in [2.24, 2.45) is 0 Å². The molecule has 0 bridgehead atoms. The SMILES string of the molecule is c1ccc(-c2ccc(N(c3ccc4c(c3)oc3ccc5nc(-c6ccccc6)oc5c34)c3cccc4c3oc3ccccc34)cc2)cc1. The molecule has 3 aromatic heterocycles. The first kappa shape index (κ1) is 26.6. The Balaban J connectivity index is 1.17. The largest absolute Gasteiger partial charge is 0.456 e. The summed E-state index contributed by atoms with van der Waals surface area (Å²) >= 11 is 0. The molecular formula is C43H26N2O3. The first-order valence-corrected chi connectivity index (χ1v) is 16.0. The molecule has 10 rings (SSSR count). The predicted octanol–water partition coefficient (Wildman–Crippen LogP) is 12.4. The molecule has 0 aliphatic rings. The quantitative estimate of drug-likeness (QED) is 0.192. The second-order valence-corrected chi connectivity index (χ2v) is 12.0. The van der Waals surface area contributed by atoms with Crippen LogP contribution >= 0.6 is 0 Å². The van der Waals surface area contributed by atoms with Crippen LogP contribution in [-0.4, -0.2) is 4.98 Å². The van der Waals surface area contributed by atoms with Gasteiger partial charge in [0.15, 0.2) is 11.2 Å². The van der Waals surface area contributed by atoms with Crippen LogP contribution in [-0.2, 0) is 0 Å². The highest BCUT2D eigenvalue weighted by Crippen LogP contribution is 2.44. The Morgan fingerprint density at radius 3 is 1.96 bits per heavy atom. The lowest BCUT2D eigenvalue weighted by Crippen LogP contribution is -2.10. The fourth-order valence-electron chi connectivity index (χ4n) is 6.85. The number of rotatable bonds is 5. The van der Waals surface area contributed by atoms with E-state index in [0.717, 1.165) is 83.2 Å². The van der Waals surface area contributed by atoms with Crippen molar-refractivity contribution in [2.75, 3.05) is 4.90 Å². The molecule has 7 aromatic carbocycles. The van der Waals surface area contributed by atoms with E-state index in [-0.39, 0.29) is 0 Å². The maximum Gasteiger partial charge on any atom is 0.227 e. The summed E-state index contributed by atoms with van der Waals surface area (Å²) in [4.78, 5) is 7.03. The Morgan fingerprint density at radius 2 is 1.12 bits per heavy atom. The summed E-state index contributed by atoms with van der Waals surface area (Å²) in [6.07, 6.45) is 0. The maximum atomic E-state index is 6.54. The number of anilines is 3. The van der Waals surface area contributed by atoms with Crippen LogP contribution in [0.15, 0.2) is 171 Å². The van der Waals surface area contributed by atoms with Gasteiger partial charge in [-0.2, -0.15) is 0 Å². The van der Waals surface area contributed by atoms with Gasteiger partial charge < -0.3 is 18.2 Å². The summed E-state index contributed by atoms with van der Waals surface area (Å²) in [5, 5.41) is 4.05. The van der Waals surface area contributed by atoms with E-state index in [2.05, 4.69) is 95.9 Å². The fourth-order valence-corrected chi connectivity index (χ4v) is 6.85. The van der Waals surface area contributed by atoms with Gasteiger partial charge in [-0.05, 0) is 71.8 Å². The van der Waals surface area contributed by atoms with Gasteiger partial charge in [0.2, 0.25) is 5.89 Å². The van der Waals surface area contributed by atoms with E-state index in [9.17, 15) is 0 Å². The van der Waals surface area contributed by atoms with Gasteiger partial charge >= 0.3 is 0 Å². The van der Waals surface area contributed by atoms with Crippen molar-refractivity contribution < 1.29 is 13.3 Å². The number of nitrogens with zero attached hydrogens (tertiary/aromatic N) is 2. The van der Waals surface area contributed by atoms with Gasteiger partial charge in [-0.3, -0.25) is 0 Å². The number of fused-ring (bicyclic) bond motifs is 8. The molecule has 0 aliphatic heterocycles. The van der Waals surface area contributed by atoms with Crippen molar-refractivity contribution in [1.29, 1.82) is 0 Å². The molecule has 0 spiro atoms. The molecule has 5 nitrogen and oxygen atoms in total. The van der Waals surface area contributed by atoms with Crippen LogP contribution in [0.1, 0.15) is 0 Å². The van der Waals surface area contributed by atoms with Gasteiger partial charge in [0.05, 0.1) is 16.8 Å². The van der Waals surface area contributed by atoms with E-state index in [0.29, 0.717) is 5.89 Å². The van der Waals surface area contributed by atoms with Crippen LogP contribution in [0.25, 0.3) is 77.6 Å². The average Bonchev–Trinajstić information content (AvgIpc) is 3.86. The van der Waals surface area contributed by atoms with Crippen molar-refractivity contribution in [3.05, 3.63) is 158 Å². The summed E-state index contributed by atoms with van der Waals surface area (Å²) in [7, 11) is 0. The predicted molar refractivity (Wildman–Crippen MR) is 194 cm³/mol. The van der Waals surface area contributed by atoms with Gasteiger partial charge in [0.25, 0.3) is 0 Å². The summed E-state index contributed by atoms with van der Waals surface area (Å²) in [5.41, 5.74) is 10.9. The molecule has 0 atom stereocenters. The van der Waals surface area contributed by atoms with E-state index in [1.165, 1.54) is 5.56 Å². The van der Waals surface area contributed by atoms with Crippen molar-refractivity contribution >= 4 is 72.0 Å². The zero-order valence-corrected chi connectivity index (χ0v) is 25.6. The topological polar surface area (TPSA) is 55.6 Å². The molecule has 5 heteroatoms. The molecular weight excluding hydrogens is 592 g/mol. The smallest absolute Gasteiger partial charge is 0.227 e. The number of hydrogen-bond donors (Lipinski definition) is 0. The number of oxazole rings is 1. The Hall–Kier alpha value is -6.59. The maximum absolute atomic E-state index is 6.54. The third-order valence-corrected chi connectivity index (χ3v) is 9.11. The van der Waals surface area contributed by atoms with Gasteiger partial charge in [-0.15, -0.1) is 0 Å². The highest BCUT2D eigenvalue weighted by Gasteiger charge is 2.22. The molecule has 0 saturated heterocycles. The Morgan fingerprint density at radius 1 is 0.417 bits per heavy atom. The number of hydrogen-bond acceptors (Lipinski definition) is 5. The Bertz CT molecular complexity index is 2770. The van der Waals surface area contributed by atoms with E-state index in [4.69, 9.17) is 18.2 Å². The fraction of sp³-hybridized carbons (Fsp3) is 0. The molecule has 0 saturated carbocycles. The van der Waals surface area contributed by atoms with Crippen molar-refractivity contribution in [3.8, 4) is 22.6 Å². The highest BCUT2D eigenvalue weighted by molar-refractivity contribution is 6.17. The molecule has 0 N–H and O–H groups in total. The number of para-hydroxylation sites is 2. The molecule has 226 valence electrons. The Kier molecular flexibility index (Phi) is 5.81. The molecule has 0 fully saturated rings. The van der Waals surface area contributed by atoms with Gasteiger partial charge in [0.1, 0.15) is 22.3 Å². The number of aromatic nitrogens is 1. The van der Waals surface area contributed by atoms with Crippen LogP contribution in [0.5, 0.6) is 0 Å². The highest BCUT2D eigenvalue weighted by atomic mass is 16.4. The van der Waals surface area contributed by atoms with E-state index in [1.807, 2.05) is 66.7 Å². The molecule has 0 radical (unpaired) electrons. The number of benzene rings is 7. The molecule has 10 aromatic rings. The van der Waals surface area contributed by atoms with Crippen LogP contribution in [0.2, 0.25) is 0 Å². The molecule has 3 heterocycles. The van der Waals surface area contributed by atoms with Crippen molar-refractivity contribution in [2.45, 2.75) is 0 Å². The van der Waals surface area contributed by atoms with Crippen LogP contribution < -0.4 is 4.90 Å². The Labute approximate surface area is 274 Å². The normalized spacial score (nSPS) is 11.8. The molecule has 0 aliphatic carbocycles. The molecule has 48 heavy (non-hydrogen) atoms. The van der Waals surface area contributed by atoms with Gasteiger partial charge in [0, 0.05) is 33.5 Å². The molecule has 0 unspecified atom stereocenters. The van der Waals surface area contributed by atoms with E-state index < -0.39 is 0 Å². The minimum absolute atomic E-state index is 0.591. The van der Waals surface area contributed by atoms with Crippen molar-refractivity contribution in [1.82, 2.24) is 4.98 Å². The summed E-state index contributed by atoms with van der Waals surface area (Å²) in [5.74, 6) is 0.591. The van der Waals surface area contributed by atoms with E-state index in [1.54, 1.807) is 0 Å². The lowest BCUT2D eigenvalue weighted by molar-refractivity contribution is 0.622. The van der Waals surface area contributed by atoms with Gasteiger partial charge in [-0.25, -0.2) is 4.98 Å². The van der Waals surface area contributed by atoms with E-state index >= 15 is 0 Å². The van der Waals surface area contributed by atoms with Crippen LogP contribution in [0.3, 0.4) is 0 Å². The lowest BCUT2D eigenvalue weighted by Gasteiger charge is -2.25. The van der Waals surface area contributed by atoms with Crippen LogP contribution in [0, 0.1) is 0 Å². The summed E-state index contributed by atoms with van der Waals surface area (Å²) < 4.78 is 19.4. The lowest BCUT2D eigenvalue weighted by atomic mass is 10.0.